The normalized spacial score (nSPS) is 27.1. The lowest BCUT2D eigenvalue weighted by Crippen LogP contribution is -2.48. The molecule has 2 atom stereocenters. The van der Waals surface area contributed by atoms with Crippen LogP contribution in [0.1, 0.15) is 18.5 Å². The maximum Gasteiger partial charge on any atom is 0.0896 e. The second-order valence-corrected chi connectivity index (χ2v) is 4.88. The number of nitrogens with zero attached hydrogens (tertiary/aromatic N) is 1. The van der Waals surface area contributed by atoms with Crippen molar-refractivity contribution in [1.82, 2.24) is 10.2 Å². The van der Waals surface area contributed by atoms with Gasteiger partial charge in [0.1, 0.15) is 0 Å². The molecule has 0 bridgehead atoms. The molecule has 0 spiro atoms. The van der Waals surface area contributed by atoms with Crippen molar-refractivity contribution in [3.63, 3.8) is 0 Å². The van der Waals surface area contributed by atoms with Gasteiger partial charge in [-0.1, -0.05) is 6.92 Å². The molecule has 0 radical (unpaired) electrons. The summed E-state index contributed by atoms with van der Waals surface area (Å²) in [5.41, 5.74) is 1.40. The number of thiophene rings is 1. The van der Waals surface area contributed by atoms with Gasteiger partial charge in [0.2, 0.25) is 0 Å². The van der Waals surface area contributed by atoms with E-state index < -0.39 is 0 Å². The molecule has 1 aliphatic rings. The van der Waals surface area contributed by atoms with Crippen molar-refractivity contribution in [3.8, 4) is 0 Å². The van der Waals surface area contributed by atoms with Gasteiger partial charge in [0.25, 0.3) is 0 Å². The molecule has 4 heteroatoms. The Labute approximate surface area is 101 Å². The molecule has 0 aromatic carbocycles. The SMILES string of the molecule is CCN1CCOC(CNC)C1c1ccsc1. The van der Waals surface area contributed by atoms with Gasteiger partial charge >= 0.3 is 0 Å². The molecule has 0 saturated carbocycles. The minimum Gasteiger partial charge on any atom is -0.374 e. The average Bonchev–Trinajstić information content (AvgIpc) is 2.82. The lowest BCUT2D eigenvalue weighted by Gasteiger charge is -2.40. The van der Waals surface area contributed by atoms with Crippen molar-refractivity contribution >= 4 is 11.3 Å². The van der Waals surface area contributed by atoms with Gasteiger partial charge < -0.3 is 10.1 Å². The third kappa shape index (κ3) is 2.46. The third-order valence-corrected chi connectivity index (χ3v) is 3.85. The summed E-state index contributed by atoms with van der Waals surface area (Å²) in [5, 5.41) is 7.61. The van der Waals surface area contributed by atoms with Crippen LogP contribution in [0.3, 0.4) is 0 Å². The van der Waals surface area contributed by atoms with Crippen LogP contribution in [0.15, 0.2) is 16.8 Å². The van der Waals surface area contributed by atoms with E-state index in [1.54, 1.807) is 11.3 Å². The Bertz CT molecular complexity index is 300. The number of hydrogen-bond acceptors (Lipinski definition) is 4. The van der Waals surface area contributed by atoms with E-state index in [1.807, 2.05) is 7.05 Å². The van der Waals surface area contributed by atoms with Crippen LogP contribution in [0, 0.1) is 0 Å². The smallest absolute Gasteiger partial charge is 0.0896 e. The van der Waals surface area contributed by atoms with Crippen molar-refractivity contribution in [3.05, 3.63) is 22.4 Å². The molecular formula is C12H20N2OS. The number of nitrogens with one attached hydrogen (secondary N) is 1. The zero-order valence-electron chi connectivity index (χ0n) is 9.98. The first kappa shape index (κ1) is 12.0. The van der Waals surface area contributed by atoms with Crippen LogP contribution >= 0.6 is 11.3 Å². The fourth-order valence-electron chi connectivity index (χ4n) is 2.38. The molecule has 1 fully saturated rings. The van der Waals surface area contributed by atoms with Gasteiger partial charge in [0.15, 0.2) is 0 Å². The average molecular weight is 240 g/mol. The van der Waals surface area contributed by atoms with E-state index >= 15 is 0 Å². The Balaban J connectivity index is 2.17. The highest BCUT2D eigenvalue weighted by atomic mass is 32.1. The highest BCUT2D eigenvalue weighted by molar-refractivity contribution is 7.07. The number of ether oxygens (including phenoxy) is 1. The lowest BCUT2D eigenvalue weighted by molar-refractivity contribution is -0.0685. The predicted octanol–water partition coefficient (Wildman–Crippen LogP) is 1.73. The van der Waals surface area contributed by atoms with E-state index in [9.17, 15) is 0 Å². The fraction of sp³-hybridized carbons (Fsp3) is 0.667. The van der Waals surface area contributed by atoms with E-state index in [1.165, 1.54) is 5.56 Å². The number of likely N-dealkylation sites (N-methyl/N-ethyl adjacent to an activating group) is 2. The van der Waals surface area contributed by atoms with Crippen molar-refractivity contribution < 1.29 is 4.74 Å². The summed E-state index contributed by atoms with van der Waals surface area (Å²) in [7, 11) is 1.99. The van der Waals surface area contributed by atoms with Gasteiger partial charge in [-0.3, -0.25) is 4.90 Å². The molecule has 3 nitrogen and oxygen atoms in total. The van der Waals surface area contributed by atoms with Crippen LogP contribution in [-0.2, 0) is 4.74 Å². The minimum atomic E-state index is 0.272. The van der Waals surface area contributed by atoms with E-state index in [4.69, 9.17) is 4.74 Å². The van der Waals surface area contributed by atoms with Crippen LogP contribution in [0.2, 0.25) is 0 Å². The van der Waals surface area contributed by atoms with Gasteiger partial charge in [-0.25, -0.2) is 0 Å². The molecule has 2 unspecified atom stereocenters. The molecule has 0 aliphatic carbocycles. The van der Waals surface area contributed by atoms with E-state index in [-0.39, 0.29) is 6.10 Å². The van der Waals surface area contributed by atoms with Crippen molar-refractivity contribution in [1.29, 1.82) is 0 Å². The van der Waals surface area contributed by atoms with Gasteiger partial charge in [-0.15, -0.1) is 0 Å². The van der Waals surface area contributed by atoms with Crippen molar-refractivity contribution in [2.75, 3.05) is 33.3 Å². The lowest BCUT2D eigenvalue weighted by atomic mass is 10.0. The minimum absolute atomic E-state index is 0.272. The maximum absolute atomic E-state index is 5.89. The Hall–Kier alpha value is -0.420. The zero-order valence-corrected chi connectivity index (χ0v) is 10.8. The first-order valence-electron chi connectivity index (χ1n) is 5.89. The first-order chi connectivity index (χ1) is 7.86. The first-order valence-corrected chi connectivity index (χ1v) is 6.83. The second kappa shape index (κ2) is 5.77. The van der Waals surface area contributed by atoms with E-state index in [2.05, 4.69) is 34.0 Å². The number of morpholine rings is 1. The molecule has 1 aromatic heterocycles. The van der Waals surface area contributed by atoms with Crippen molar-refractivity contribution in [2.24, 2.45) is 0 Å². The molecule has 1 saturated heterocycles. The van der Waals surface area contributed by atoms with Crippen LogP contribution in [0.5, 0.6) is 0 Å². The topological polar surface area (TPSA) is 24.5 Å². The molecule has 1 N–H and O–H groups in total. The van der Waals surface area contributed by atoms with Crippen LogP contribution in [-0.4, -0.2) is 44.3 Å². The Morgan fingerprint density at radius 3 is 3.12 bits per heavy atom. The van der Waals surface area contributed by atoms with E-state index in [0.717, 1.165) is 26.2 Å². The Morgan fingerprint density at radius 1 is 1.62 bits per heavy atom. The molecule has 90 valence electrons. The fourth-order valence-corrected chi connectivity index (χ4v) is 3.07. The summed E-state index contributed by atoms with van der Waals surface area (Å²) in [4.78, 5) is 2.51. The van der Waals surface area contributed by atoms with Crippen LogP contribution < -0.4 is 5.32 Å². The third-order valence-electron chi connectivity index (χ3n) is 3.15. The molecule has 2 heterocycles. The van der Waals surface area contributed by atoms with E-state index in [0.29, 0.717) is 6.04 Å². The summed E-state index contributed by atoms with van der Waals surface area (Å²) in [6.45, 7) is 6.11. The molecule has 0 amide bonds. The summed E-state index contributed by atoms with van der Waals surface area (Å²) in [6, 6.07) is 2.63. The van der Waals surface area contributed by atoms with Gasteiger partial charge in [0, 0.05) is 13.1 Å². The molecular weight excluding hydrogens is 220 g/mol. The highest BCUT2D eigenvalue weighted by Gasteiger charge is 2.32. The standard InChI is InChI=1S/C12H20N2OS/c1-3-14-5-6-15-11(8-13-2)12(14)10-4-7-16-9-10/h4,7,9,11-13H,3,5-6,8H2,1-2H3. The van der Waals surface area contributed by atoms with Crippen LogP contribution in [0.25, 0.3) is 0 Å². The molecule has 1 aromatic rings. The quantitative estimate of drug-likeness (QED) is 0.867. The summed E-state index contributed by atoms with van der Waals surface area (Å²) < 4.78 is 5.89. The maximum atomic E-state index is 5.89. The van der Waals surface area contributed by atoms with Gasteiger partial charge in [-0.2, -0.15) is 11.3 Å². The number of hydrogen-bond donors (Lipinski definition) is 1. The molecule has 2 rings (SSSR count). The Morgan fingerprint density at radius 2 is 2.50 bits per heavy atom. The molecule has 16 heavy (non-hydrogen) atoms. The van der Waals surface area contributed by atoms with Crippen molar-refractivity contribution in [2.45, 2.75) is 19.1 Å². The predicted molar refractivity (Wildman–Crippen MR) is 68.0 cm³/mol. The summed E-state index contributed by atoms with van der Waals surface area (Å²) >= 11 is 1.76. The summed E-state index contributed by atoms with van der Waals surface area (Å²) in [6.07, 6.45) is 0.272. The van der Waals surface area contributed by atoms with Gasteiger partial charge in [0.05, 0.1) is 18.8 Å². The zero-order chi connectivity index (χ0) is 11.4. The Kier molecular flexibility index (Phi) is 4.35. The largest absolute Gasteiger partial charge is 0.374 e. The monoisotopic (exact) mass is 240 g/mol. The molecule has 1 aliphatic heterocycles. The highest BCUT2D eigenvalue weighted by Crippen LogP contribution is 2.30. The number of rotatable bonds is 4. The second-order valence-electron chi connectivity index (χ2n) is 4.10. The summed E-state index contributed by atoms with van der Waals surface area (Å²) in [5.74, 6) is 0. The van der Waals surface area contributed by atoms with Crippen LogP contribution in [0.4, 0.5) is 0 Å². The van der Waals surface area contributed by atoms with Gasteiger partial charge in [-0.05, 0) is 36.0 Å².